The summed E-state index contributed by atoms with van der Waals surface area (Å²) in [5.74, 6) is 0.525. The topological polar surface area (TPSA) is 96.5 Å². The summed E-state index contributed by atoms with van der Waals surface area (Å²) in [5, 5.41) is 6.07. The fourth-order valence-corrected chi connectivity index (χ4v) is 4.73. The third kappa shape index (κ3) is 4.55. The van der Waals surface area contributed by atoms with Gasteiger partial charge in [-0.05, 0) is 42.8 Å². The first kappa shape index (κ1) is 20.9. The molecule has 0 fully saturated rings. The average Bonchev–Trinajstić information content (AvgIpc) is 2.78. The summed E-state index contributed by atoms with van der Waals surface area (Å²) in [6.45, 7) is 2.81. The smallest absolute Gasteiger partial charge is 0.251 e. The molecule has 3 aromatic rings. The molecule has 0 aliphatic carbocycles. The lowest BCUT2D eigenvalue weighted by molar-refractivity contribution is 0.0950. The van der Waals surface area contributed by atoms with Crippen LogP contribution in [-0.2, 0) is 16.6 Å². The molecule has 1 aliphatic heterocycles. The van der Waals surface area contributed by atoms with E-state index >= 15 is 0 Å². The van der Waals surface area contributed by atoms with Gasteiger partial charge in [-0.2, -0.15) is 4.72 Å². The molecule has 1 amide bonds. The minimum Gasteiger partial charge on any atom is -0.494 e. The lowest BCUT2D eigenvalue weighted by Gasteiger charge is -2.28. The number of benzene rings is 3. The number of anilines is 1. The molecule has 0 saturated carbocycles. The number of hydrogen-bond acceptors (Lipinski definition) is 5. The van der Waals surface area contributed by atoms with Gasteiger partial charge >= 0.3 is 0 Å². The molecule has 0 saturated heterocycles. The normalized spacial score (nSPS) is 16.6. The monoisotopic (exact) mass is 437 g/mol. The van der Waals surface area contributed by atoms with Crippen LogP contribution in [-0.4, -0.2) is 20.9 Å². The Hall–Kier alpha value is -3.36. The van der Waals surface area contributed by atoms with Crippen LogP contribution in [0.2, 0.25) is 0 Å². The summed E-state index contributed by atoms with van der Waals surface area (Å²) in [4.78, 5) is 12.8. The zero-order valence-corrected chi connectivity index (χ0v) is 17.8. The molecule has 0 aromatic heterocycles. The van der Waals surface area contributed by atoms with Crippen molar-refractivity contribution in [2.24, 2.45) is 0 Å². The van der Waals surface area contributed by atoms with Crippen LogP contribution >= 0.6 is 0 Å². The van der Waals surface area contributed by atoms with Crippen LogP contribution < -0.4 is 20.1 Å². The second-order valence-electron chi connectivity index (χ2n) is 7.04. The largest absolute Gasteiger partial charge is 0.494 e. The highest BCUT2D eigenvalue weighted by Gasteiger charge is 2.29. The minimum absolute atomic E-state index is 0.217. The zero-order chi connectivity index (χ0) is 21.8. The average molecular weight is 438 g/mol. The van der Waals surface area contributed by atoms with E-state index in [1.165, 1.54) is 0 Å². The molecule has 1 heterocycles. The van der Waals surface area contributed by atoms with E-state index in [1.54, 1.807) is 48.5 Å². The van der Waals surface area contributed by atoms with Crippen LogP contribution in [0, 0.1) is 0 Å². The maximum absolute atomic E-state index is 12.6. The van der Waals surface area contributed by atoms with Gasteiger partial charge in [0.25, 0.3) is 5.91 Å². The maximum Gasteiger partial charge on any atom is 0.251 e. The van der Waals surface area contributed by atoms with E-state index in [9.17, 15) is 13.2 Å². The lowest BCUT2D eigenvalue weighted by atomic mass is 10.1. The van der Waals surface area contributed by atoms with Crippen molar-refractivity contribution in [3.8, 4) is 5.75 Å². The van der Waals surface area contributed by atoms with Crippen molar-refractivity contribution in [3.05, 3.63) is 89.5 Å². The SMILES string of the molecule is CCOc1ccccc1CNC(=O)c1ccc(C2Nc3ccccc3S(=O)(=O)N2)cc1. The number of carbonyl (C=O) groups excluding carboxylic acids is 1. The van der Waals surface area contributed by atoms with E-state index in [2.05, 4.69) is 15.4 Å². The summed E-state index contributed by atoms with van der Waals surface area (Å²) >= 11 is 0. The van der Waals surface area contributed by atoms with Gasteiger partial charge in [-0.3, -0.25) is 4.79 Å². The Morgan fingerprint density at radius 1 is 1.00 bits per heavy atom. The predicted octanol–water partition coefficient (Wildman–Crippen LogP) is 3.42. The Morgan fingerprint density at radius 2 is 1.71 bits per heavy atom. The molecule has 160 valence electrons. The van der Waals surface area contributed by atoms with Crippen molar-refractivity contribution in [1.82, 2.24) is 10.0 Å². The summed E-state index contributed by atoms with van der Waals surface area (Å²) in [6.07, 6.45) is -0.616. The first-order valence-corrected chi connectivity index (χ1v) is 11.4. The number of ether oxygens (including phenoxy) is 1. The van der Waals surface area contributed by atoms with Gasteiger partial charge in [-0.25, -0.2) is 8.42 Å². The summed E-state index contributed by atoms with van der Waals surface area (Å²) in [5.41, 5.74) is 2.63. The number of amides is 1. The van der Waals surface area contributed by atoms with Gasteiger partial charge in [0.15, 0.2) is 0 Å². The number of para-hydroxylation sites is 2. The van der Waals surface area contributed by atoms with E-state index in [0.29, 0.717) is 30.0 Å². The molecule has 0 radical (unpaired) electrons. The van der Waals surface area contributed by atoms with Gasteiger partial charge in [0.05, 0.1) is 12.3 Å². The summed E-state index contributed by atoms with van der Waals surface area (Å²) < 4.78 is 33.2. The predicted molar refractivity (Wildman–Crippen MR) is 118 cm³/mol. The van der Waals surface area contributed by atoms with Crippen LogP contribution in [0.15, 0.2) is 77.7 Å². The number of hydrogen-bond donors (Lipinski definition) is 3. The van der Waals surface area contributed by atoms with Gasteiger partial charge in [0.1, 0.15) is 16.8 Å². The zero-order valence-electron chi connectivity index (χ0n) is 17.0. The Bertz CT molecular complexity index is 1190. The Kier molecular flexibility index (Phi) is 5.92. The summed E-state index contributed by atoms with van der Waals surface area (Å²) in [7, 11) is -3.62. The van der Waals surface area contributed by atoms with E-state index in [-0.39, 0.29) is 10.8 Å². The third-order valence-corrected chi connectivity index (χ3v) is 6.45. The first-order valence-electron chi connectivity index (χ1n) is 9.94. The van der Waals surface area contributed by atoms with Gasteiger partial charge in [-0.15, -0.1) is 0 Å². The molecule has 0 spiro atoms. The van der Waals surface area contributed by atoms with Crippen molar-refractivity contribution >= 4 is 21.6 Å². The van der Waals surface area contributed by atoms with Gasteiger partial charge in [-0.1, -0.05) is 42.5 Å². The molecule has 4 rings (SSSR count). The van der Waals surface area contributed by atoms with Crippen molar-refractivity contribution in [3.63, 3.8) is 0 Å². The van der Waals surface area contributed by atoms with Crippen LogP contribution in [0.5, 0.6) is 5.75 Å². The van der Waals surface area contributed by atoms with Gasteiger partial charge in [0.2, 0.25) is 10.0 Å². The fraction of sp³-hybridized carbons (Fsp3) is 0.174. The first-order chi connectivity index (χ1) is 15.0. The minimum atomic E-state index is -3.62. The Morgan fingerprint density at radius 3 is 2.48 bits per heavy atom. The second kappa shape index (κ2) is 8.79. The van der Waals surface area contributed by atoms with Crippen molar-refractivity contribution in [1.29, 1.82) is 0 Å². The Labute approximate surface area is 181 Å². The Balaban J connectivity index is 1.45. The van der Waals surface area contributed by atoms with Crippen LogP contribution in [0.3, 0.4) is 0 Å². The van der Waals surface area contributed by atoms with Gasteiger partial charge in [0, 0.05) is 17.7 Å². The molecule has 1 aliphatic rings. The van der Waals surface area contributed by atoms with Crippen LogP contribution in [0.25, 0.3) is 0 Å². The molecule has 3 aromatic carbocycles. The number of sulfonamides is 1. The quantitative estimate of drug-likeness (QED) is 0.549. The van der Waals surface area contributed by atoms with Crippen molar-refractivity contribution in [2.45, 2.75) is 24.5 Å². The van der Waals surface area contributed by atoms with E-state index in [4.69, 9.17) is 4.74 Å². The summed E-state index contributed by atoms with van der Waals surface area (Å²) in [6, 6.07) is 21.1. The maximum atomic E-state index is 12.6. The fourth-order valence-electron chi connectivity index (χ4n) is 3.43. The molecule has 31 heavy (non-hydrogen) atoms. The molecule has 7 nitrogen and oxygen atoms in total. The highest BCUT2D eigenvalue weighted by Crippen LogP contribution is 2.30. The third-order valence-electron chi connectivity index (χ3n) is 4.97. The van der Waals surface area contributed by atoms with E-state index in [0.717, 1.165) is 11.3 Å². The van der Waals surface area contributed by atoms with Crippen molar-refractivity contribution in [2.75, 3.05) is 11.9 Å². The van der Waals surface area contributed by atoms with Crippen LogP contribution in [0.1, 0.15) is 34.6 Å². The number of carbonyl (C=O) groups is 1. The van der Waals surface area contributed by atoms with Crippen LogP contribution in [0.4, 0.5) is 5.69 Å². The molecule has 1 atom stereocenters. The highest BCUT2D eigenvalue weighted by molar-refractivity contribution is 7.89. The molecular weight excluding hydrogens is 414 g/mol. The molecule has 0 bridgehead atoms. The second-order valence-corrected chi connectivity index (χ2v) is 8.72. The van der Waals surface area contributed by atoms with E-state index in [1.807, 2.05) is 31.2 Å². The lowest BCUT2D eigenvalue weighted by Crippen LogP contribution is -2.38. The van der Waals surface area contributed by atoms with Crippen molar-refractivity contribution < 1.29 is 17.9 Å². The highest BCUT2D eigenvalue weighted by atomic mass is 32.2. The number of rotatable bonds is 6. The molecule has 8 heteroatoms. The van der Waals surface area contributed by atoms with E-state index < -0.39 is 16.2 Å². The van der Waals surface area contributed by atoms with Gasteiger partial charge < -0.3 is 15.4 Å². The number of nitrogens with one attached hydrogen (secondary N) is 3. The molecule has 1 unspecified atom stereocenters. The molecular formula is C23H23N3O4S. The molecule has 3 N–H and O–H groups in total. The number of fused-ring (bicyclic) bond motifs is 1. The standard InChI is InChI=1S/C23H23N3O4S/c1-2-30-20-9-5-3-7-18(20)15-24-23(27)17-13-11-16(12-14-17)22-25-19-8-4-6-10-21(19)31(28,29)26-22/h3-14,22,25-26H,2,15H2,1H3,(H,24,27).